The third kappa shape index (κ3) is 2.06. The van der Waals surface area contributed by atoms with Crippen molar-refractivity contribution in [3.63, 3.8) is 0 Å². The van der Waals surface area contributed by atoms with Crippen LogP contribution in [0, 0.1) is 0 Å². The molecule has 0 bridgehead atoms. The molecule has 1 fully saturated rings. The summed E-state index contributed by atoms with van der Waals surface area (Å²) in [6, 6.07) is 2.69. The van der Waals surface area contributed by atoms with Crippen LogP contribution < -0.4 is 5.32 Å². The molecule has 1 saturated heterocycles. The van der Waals surface area contributed by atoms with Crippen molar-refractivity contribution in [3.8, 4) is 0 Å². The Bertz CT molecular complexity index is 407. The number of carboxylic acid groups (broad SMARTS) is 1. The molecule has 16 heavy (non-hydrogen) atoms. The Balaban J connectivity index is 2.10. The zero-order chi connectivity index (χ0) is 11.5. The van der Waals surface area contributed by atoms with Gasteiger partial charge in [-0.2, -0.15) is 0 Å². The molecule has 2 N–H and O–H groups in total. The Morgan fingerprint density at radius 3 is 2.44 bits per heavy atom. The number of carbonyl (C=O) groups excluding carboxylic acids is 1. The van der Waals surface area contributed by atoms with Gasteiger partial charge < -0.3 is 19.7 Å². The van der Waals surface area contributed by atoms with Gasteiger partial charge >= 0.3 is 5.97 Å². The molecular weight excluding hydrogens is 212 g/mol. The zero-order valence-electron chi connectivity index (χ0n) is 8.60. The van der Waals surface area contributed by atoms with Crippen LogP contribution in [0.15, 0.2) is 16.5 Å². The maximum Gasteiger partial charge on any atom is 0.371 e. The van der Waals surface area contributed by atoms with Gasteiger partial charge in [0.2, 0.25) is 5.76 Å². The van der Waals surface area contributed by atoms with Gasteiger partial charge in [0.25, 0.3) is 5.91 Å². The molecule has 6 nitrogen and oxygen atoms in total. The first kappa shape index (κ1) is 10.7. The number of nitrogens with one attached hydrogen (secondary N) is 1. The van der Waals surface area contributed by atoms with Crippen molar-refractivity contribution < 1.29 is 19.1 Å². The van der Waals surface area contributed by atoms with Crippen molar-refractivity contribution in [2.45, 2.75) is 0 Å². The Labute approximate surface area is 91.8 Å². The van der Waals surface area contributed by atoms with Gasteiger partial charge in [0.05, 0.1) is 0 Å². The van der Waals surface area contributed by atoms with Crippen molar-refractivity contribution in [1.82, 2.24) is 10.2 Å². The maximum atomic E-state index is 11.8. The van der Waals surface area contributed by atoms with E-state index in [1.165, 1.54) is 12.1 Å². The molecule has 0 spiro atoms. The second kappa shape index (κ2) is 4.36. The third-order valence-electron chi connectivity index (χ3n) is 2.43. The quantitative estimate of drug-likeness (QED) is 0.740. The van der Waals surface area contributed by atoms with Crippen LogP contribution in [-0.2, 0) is 0 Å². The number of hydrogen-bond acceptors (Lipinski definition) is 4. The minimum Gasteiger partial charge on any atom is -0.475 e. The second-order valence-corrected chi connectivity index (χ2v) is 3.51. The maximum absolute atomic E-state index is 11.8. The predicted octanol–water partition coefficient (Wildman–Crippen LogP) is 0.0232. The van der Waals surface area contributed by atoms with Crippen LogP contribution in [-0.4, -0.2) is 48.1 Å². The summed E-state index contributed by atoms with van der Waals surface area (Å²) in [5.74, 6) is -1.55. The SMILES string of the molecule is O=C(O)c1ccc(C(=O)N2CCNCC2)o1. The Morgan fingerprint density at radius 2 is 1.88 bits per heavy atom. The van der Waals surface area contributed by atoms with E-state index in [1.54, 1.807) is 4.90 Å². The molecular formula is C10H12N2O4. The molecule has 1 aromatic heterocycles. The number of carbonyl (C=O) groups is 2. The molecule has 2 rings (SSSR count). The fraction of sp³-hybridized carbons (Fsp3) is 0.400. The van der Waals surface area contributed by atoms with Gasteiger partial charge in [0, 0.05) is 26.2 Å². The summed E-state index contributed by atoms with van der Waals surface area (Å²) in [5, 5.41) is 11.8. The molecule has 1 aliphatic rings. The van der Waals surface area contributed by atoms with Crippen LogP contribution in [0.3, 0.4) is 0 Å². The molecule has 2 heterocycles. The van der Waals surface area contributed by atoms with Crippen LogP contribution >= 0.6 is 0 Å². The van der Waals surface area contributed by atoms with E-state index in [0.717, 1.165) is 13.1 Å². The first-order chi connectivity index (χ1) is 7.68. The van der Waals surface area contributed by atoms with Gasteiger partial charge in [-0.25, -0.2) is 4.79 Å². The molecule has 0 aromatic carbocycles. The molecule has 1 aromatic rings. The van der Waals surface area contributed by atoms with Crippen molar-refractivity contribution in [1.29, 1.82) is 0 Å². The van der Waals surface area contributed by atoms with Crippen molar-refractivity contribution in [2.75, 3.05) is 26.2 Å². The summed E-state index contributed by atoms with van der Waals surface area (Å²) < 4.78 is 4.95. The van der Waals surface area contributed by atoms with Crippen LogP contribution in [0.2, 0.25) is 0 Å². The van der Waals surface area contributed by atoms with Crippen molar-refractivity contribution in [2.24, 2.45) is 0 Å². The summed E-state index contributed by atoms with van der Waals surface area (Å²) in [4.78, 5) is 24.1. The minimum atomic E-state index is -1.17. The average Bonchev–Trinajstić information content (AvgIpc) is 2.78. The van der Waals surface area contributed by atoms with E-state index in [2.05, 4.69) is 5.32 Å². The Kier molecular flexibility index (Phi) is 2.91. The highest BCUT2D eigenvalue weighted by Gasteiger charge is 2.21. The minimum absolute atomic E-state index is 0.0827. The molecule has 86 valence electrons. The predicted molar refractivity (Wildman–Crippen MR) is 54.4 cm³/mol. The first-order valence-corrected chi connectivity index (χ1v) is 5.01. The number of piperazine rings is 1. The summed E-state index contributed by atoms with van der Waals surface area (Å²) >= 11 is 0. The summed E-state index contributed by atoms with van der Waals surface area (Å²) in [5.41, 5.74) is 0. The van der Waals surface area contributed by atoms with Crippen LogP contribution in [0.4, 0.5) is 0 Å². The van der Waals surface area contributed by atoms with Gasteiger partial charge in [-0.15, -0.1) is 0 Å². The highest BCUT2D eigenvalue weighted by atomic mass is 16.4. The summed E-state index contributed by atoms with van der Waals surface area (Å²) in [7, 11) is 0. The van der Waals surface area contributed by atoms with Crippen LogP contribution in [0.1, 0.15) is 21.1 Å². The van der Waals surface area contributed by atoms with Crippen LogP contribution in [0.25, 0.3) is 0 Å². The largest absolute Gasteiger partial charge is 0.475 e. The van der Waals surface area contributed by atoms with Gasteiger partial charge in [0.1, 0.15) is 0 Å². The van der Waals surface area contributed by atoms with E-state index in [1.807, 2.05) is 0 Å². The fourth-order valence-corrected chi connectivity index (χ4v) is 1.59. The molecule has 6 heteroatoms. The molecule has 1 aliphatic heterocycles. The van der Waals surface area contributed by atoms with Crippen LogP contribution in [0.5, 0.6) is 0 Å². The lowest BCUT2D eigenvalue weighted by atomic mass is 10.3. The lowest BCUT2D eigenvalue weighted by Gasteiger charge is -2.26. The summed E-state index contributed by atoms with van der Waals surface area (Å²) in [6.45, 7) is 2.72. The third-order valence-corrected chi connectivity index (χ3v) is 2.43. The van der Waals surface area contributed by atoms with Crippen molar-refractivity contribution >= 4 is 11.9 Å². The number of aromatic carboxylic acids is 1. The lowest BCUT2D eigenvalue weighted by Crippen LogP contribution is -2.46. The van der Waals surface area contributed by atoms with E-state index in [0.29, 0.717) is 13.1 Å². The summed E-state index contributed by atoms with van der Waals surface area (Å²) in [6.07, 6.45) is 0. The number of amides is 1. The molecule has 0 unspecified atom stereocenters. The monoisotopic (exact) mass is 224 g/mol. The molecule has 0 saturated carbocycles. The molecule has 1 amide bonds. The van der Waals surface area contributed by atoms with E-state index < -0.39 is 5.97 Å². The van der Waals surface area contributed by atoms with Gasteiger partial charge in [0.15, 0.2) is 5.76 Å². The smallest absolute Gasteiger partial charge is 0.371 e. The fourth-order valence-electron chi connectivity index (χ4n) is 1.59. The average molecular weight is 224 g/mol. The topological polar surface area (TPSA) is 82.8 Å². The van der Waals surface area contributed by atoms with E-state index in [-0.39, 0.29) is 17.4 Å². The number of furan rings is 1. The molecule has 0 atom stereocenters. The number of carboxylic acids is 1. The molecule has 0 aliphatic carbocycles. The number of rotatable bonds is 2. The highest BCUT2D eigenvalue weighted by molar-refractivity contribution is 5.93. The number of hydrogen-bond donors (Lipinski definition) is 2. The Hall–Kier alpha value is -1.82. The number of nitrogens with zero attached hydrogens (tertiary/aromatic N) is 1. The zero-order valence-corrected chi connectivity index (χ0v) is 8.60. The first-order valence-electron chi connectivity index (χ1n) is 5.01. The highest BCUT2D eigenvalue weighted by Crippen LogP contribution is 2.11. The van der Waals surface area contributed by atoms with E-state index in [4.69, 9.17) is 9.52 Å². The Morgan fingerprint density at radius 1 is 1.25 bits per heavy atom. The second-order valence-electron chi connectivity index (χ2n) is 3.51. The normalized spacial score (nSPS) is 16.1. The van der Waals surface area contributed by atoms with E-state index >= 15 is 0 Å². The lowest BCUT2D eigenvalue weighted by molar-refractivity contribution is 0.0645. The standard InChI is InChI=1S/C10H12N2O4/c13-9(12-5-3-11-4-6-12)7-1-2-8(16-7)10(14)15/h1-2,11H,3-6H2,(H,14,15). The van der Waals surface area contributed by atoms with E-state index in [9.17, 15) is 9.59 Å². The van der Waals surface area contributed by atoms with Gasteiger partial charge in [-0.1, -0.05) is 0 Å². The van der Waals surface area contributed by atoms with Gasteiger partial charge in [-0.3, -0.25) is 4.79 Å². The van der Waals surface area contributed by atoms with Gasteiger partial charge in [-0.05, 0) is 12.1 Å². The molecule has 0 radical (unpaired) electrons. The van der Waals surface area contributed by atoms with Crippen molar-refractivity contribution in [3.05, 3.63) is 23.7 Å².